The van der Waals surface area contributed by atoms with E-state index in [-0.39, 0.29) is 16.9 Å². The van der Waals surface area contributed by atoms with Gasteiger partial charge in [0.25, 0.3) is 11.2 Å². The van der Waals surface area contributed by atoms with Crippen LogP contribution in [0.1, 0.15) is 17.8 Å². The minimum Gasteiger partial charge on any atom is -0.493 e. The highest BCUT2D eigenvalue weighted by molar-refractivity contribution is 6.31. The quantitative estimate of drug-likeness (QED) is 0.420. The van der Waals surface area contributed by atoms with Crippen molar-refractivity contribution in [2.24, 2.45) is 0 Å². The molecule has 0 spiro atoms. The predicted octanol–water partition coefficient (Wildman–Crippen LogP) is 4.51. The molecule has 0 atom stereocenters. The van der Waals surface area contributed by atoms with E-state index in [4.69, 9.17) is 16.3 Å². The van der Waals surface area contributed by atoms with Crippen LogP contribution in [0.15, 0.2) is 35.1 Å². The molecule has 0 aliphatic carbocycles. The Balaban J connectivity index is 1.88. The summed E-state index contributed by atoms with van der Waals surface area (Å²) in [4.78, 5) is 28.1. The van der Waals surface area contributed by atoms with E-state index >= 15 is 0 Å². The van der Waals surface area contributed by atoms with Crippen molar-refractivity contribution in [3.63, 3.8) is 0 Å². The van der Waals surface area contributed by atoms with Gasteiger partial charge in [-0.1, -0.05) is 11.6 Å². The van der Waals surface area contributed by atoms with Crippen LogP contribution in [0.4, 0.5) is 14.5 Å². The summed E-state index contributed by atoms with van der Waals surface area (Å²) < 4.78 is 36.2. The summed E-state index contributed by atoms with van der Waals surface area (Å²) in [6.45, 7) is -2.82. The first-order valence-electron chi connectivity index (χ1n) is 9.00. The number of hydrogen-bond donors (Lipinski definition) is 0. The first-order valence-corrected chi connectivity index (χ1v) is 9.38. The molecule has 1 aliphatic heterocycles. The normalized spacial score (nSPS) is 14.3. The van der Waals surface area contributed by atoms with E-state index in [1.165, 1.54) is 23.8 Å². The lowest BCUT2D eigenvalue weighted by Gasteiger charge is -2.11. The van der Waals surface area contributed by atoms with Crippen molar-refractivity contribution in [1.29, 1.82) is 0 Å². The Labute approximate surface area is 178 Å². The van der Waals surface area contributed by atoms with Crippen molar-refractivity contribution in [2.45, 2.75) is 19.6 Å². The molecular formula is C20H14ClF2N3O5. The number of nitro benzene ring substituents is 1. The molecule has 1 aliphatic rings. The van der Waals surface area contributed by atoms with Crippen LogP contribution in [0.25, 0.3) is 22.6 Å². The molecule has 11 heteroatoms. The fourth-order valence-corrected chi connectivity index (χ4v) is 3.67. The number of ether oxygens (including phenoxy) is 2. The molecular weight excluding hydrogens is 436 g/mol. The number of nitro groups is 1. The Hall–Kier alpha value is -3.53. The summed E-state index contributed by atoms with van der Waals surface area (Å²) in [5.74, 6) is -0.180. The molecule has 0 amide bonds. The number of alkyl halides is 2. The van der Waals surface area contributed by atoms with Gasteiger partial charge in [-0.3, -0.25) is 19.5 Å². The molecule has 0 saturated heterocycles. The van der Waals surface area contributed by atoms with Crippen LogP contribution < -0.4 is 15.0 Å². The number of allylic oxidation sites excluding steroid dienone is 1. The van der Waals surface area contributed by atoms with Gasteiger partial charge in [0.1, 0.15) is 5.82 Å². The second kappa shape index (κ2) is 7.95. The van der Waals surface area contributed by atoms with Gasteiger partial charge in [0.15, 0.2) is 11.5 Å². The van der Waals surface area contributed by atoms with Crippen molar-refractivity contribution in [1.82, 2.24) is 9.55 Å². The molecule has 8 nitrogen and oxygen atoms in total. The summed E-state index contributed by atoms with van der Waals surface area (Å²) in [6, 6.07) is 6.88. The Morgan fingerprint density at radius 1 is 1.29 bits per heavy atom. The zero-order valence-corrected chi connectivity index (χ0v) is 16.7. The second-order valence-electron chi connectivity index (χ2n) is 6.67. The number of benzene rings is 2. The maximum atomic E-state index is 12.8. The van der Waals surface area contributed by atoms with Crippen LogP contribution >= 0.6 is 11.6 Å². The fourth-order valence-electron chi connectivity index (χ4n) is 3.50. The lowest BCUT2D eigenvalue weighted by atomic mass is 10.1. The molecule has 2 heterocycles. The Kier molecular flexibility index (Phi) is 5.32. The summed E-state index contributed by atoms with van der Waals surface area (Å²) in [5, 5.41) is 12.4. The van der Waals surface area contributed by atoms with E-state index in [0.717, 1.165) is 6.07 Å². The maximum absolute atomic E-state index is 12.8. The summed E-state index contributed by atoms with van der Waals surface area (Å²) >= 11 is 6.01. The van der Waals surface area contributed by atoms with Crippen LogP contribution in [0, 0.1) is 10.1 Å². The molecule has 0 fully saturated rings. The van der Waals surface area contributed by atoms with E-state index in [0.29, 0.717) is 40.3 Å². The molecule has 0 bridgehead atoms. The summed E-state index contributed by atoms with van der Waals surface area (Å²) in [7, 11) is 1.23. The number of nitrogens with zero attached hydrogens (tertiary/aromatic N) is 3. The van der Waals surface area contributed by atoms with Gasteiger partial charge >= 0.3 is 6.61 Å². The Morgan fingerprint density at radius 3 is 2.74 bits per heavy atom. The van der Waals surface area contributed by atoms with Crippen molar-refractivity contribution >= 4 is 39.8 Å². The van der Waals surface area contributed by atoms with Gasteiger partial charge < -0.3 is 9.47 Å². The first kappa shape index (κ1) is 20.7. The van der Waals surface area contributed by atoms with E-state index in [2.05, 4.69) is 9.72 Å². The van der Waals surface area contributed by atoms with Gasteiger partial charge in [0.05, 0.1) is 34.6 Å². The monoisotopic (exact) mass is 449 g/mol. The number of aromatic nitrogens is 2. The van der Waals surface area contributed by atoms with E-state index in [1.54, 1.807) is 18.2 Å². The number of halogens is 3. The highest BCUT2D eigenvalue weighted by Gasteiger charge is 2.25. The smallest absolute Gasteiger partial charge is 0.387 e. The SMILES string of the molecule is COc1cc(/C=C2\CCn3c2nc2cc(Cl)ccc2c3=O)c([N+](=O)[O-])cc1OC(F)F. The maximum Gasteiger partial charge on any atom is 0.387 e. The highest BCUT2D eigenvalue weighted by Crippen LogP contribution is 2.38. The van der Waals surface area contributed by atoms with Gasteiger partial charge in [-0.2, -0.15) is 8.78 Å². The topological polar surface area (TPSA) is 96.5 Å². The van der Waals surface area contributed by atoms with Crippen molar-refractivity contribution in [3.05, 3.63) is 67.2 Å². The highest BCUT2D eigenvalue weighted by atomic mass is 35.5. The molecule has 160 valence electrons. The predicted molar refractivity (Wildman–Crippen MR) is 110 cm³/mol. The van der Waals surface area contributed by atoms with E-state index < -0.39 is 23.0 Å². The van der Waals surface area contributed by atoms with Crippen LogP contribution in [0.3, 0.4) is 0 Å². The Bertz CT molecular complexity index is 1310. The third-order valence-corrected chi connectivity index (χ3v) is 5.10. The van der Waals surface area contributed by atoms with Crippen LogP contribution in [0.2, 0.25) is 5.02 Å². The summed E-state index contributed by atoms with van der Waals surface area (Å²) in [6.07, 6.45) is 1.90. The van der Waals surface area contributed by atoms with Crippen molar-refractivity contribution < 1.29 is 23.2 Å². The average molecular weight is 450 g/mol. The van der Waals surface area contributed by atoms with Crippen molar-refractivity contribution in [2.75, 3.05) is 7.11 Å². The van der Waals surface area contributed by atoms with Crippen molar-refractivity contribution in [3.8, 4) is 11.5 Å². The van der Waals surface area contributed by atoms with Gasteiger partial charge in [0, 0.05) is 11.6 Å². The number of fused-ring (bicyclic) bond motifs is 2. The molecule has 0 N–H and O–H groups in total. The zero-order valence-electron chi connectivity index (χ0n) is 16.0. The zero-order chi connectivity index (χ0) is 22.3. The summed E-state index contributed by atoms with van der Waals surface area (Å²) in [5.41, 5.74) is 0.393. The third kappa shape index (κ3) is 3.81. The lowest BCUT2D eigenvalue weighted by Crippen LogP contribution is -2.20. The molecule has 4 rings (SSSR count). The van der Waals surface area contributed by atoms with E-state index in [1.807, 2.05) is 0 Å². The third-order valence-electron chi connectivity index (χ3n) is 4.86. The second-order valence-corrected chi connectivity index (χ2v) is 7.11. The molecule has 0 saturated carbocycles. The minimum atomic E-state index is -3.17. The molecule has 0 radical (unpaired) electrons. The number of methoxy groups -OCH3 is 1. The van der Waals surface area contributed by atoms with Gasteiger partial charge in [0.2, 0.25) is 0 Å². The fraction of sp³-hybridized carbons (Fsp3) is 0.200. The largest absolute Gasteiger partial charge is 0.493 e. The minimum absolute atomic E-state index is 0.0913. The number of rotatable bonds is 5. The Morgan fingerprint density at radius 2 is 2.06 bits per heavy atom. The van der Waals surface area contributed by atoms with Gasteiger partial charge in [-0.15, -0.1) is 0 Å². The van der Waals surface area contributed by atoms with E-state index in [9.17, 15) is 23.7 Å². The van der Waals surface area contributed by atoms with Crippen LogP contribution in [-0.2, 0) is 6.54 Å². The van der Waals surface area contributed by atoms with Crippen LogP contribution in [-0.4, -0.2) is 28.2 Å². The van der Waals surface area contributed by atoms with Crippen LogP contribution in [0.5, 0.6) is 11.5 Å². The first-order chi connectivity index (χ1) is 14.8. The number of hydrogen-bond acceptors (Lipinski definition) is 6. The lowest BCUT2D eigenvalue weighted by molar-refractivity contribution is -0.385. The molecule has 2 aromatic carbocycles. The van der Waals surface area contributed by atoms with Gasteiger partial charge in [-0.05, 0) is 42.3 Å². The molecule has 3 aromatic rings. The average Bonchev–Trinajstić information content (AvgIpc) is 3.10. The molecule has 31 heavy (non-hydrogen) atoms. The standard InChI is InChI=1S/C20H14ClF2N3O5/c1-30-16-7-11(15(26(28)29)9-17(16)31-20(22)23)6-10-4-5-25-18(10)24-14-8-12(21)2-3-13(14)19(25)27/h2-3,6-9,20H,4-5H2,1H3/b10-6+. The molecule has 0 unspecified atom stereocenters. The molecule has 1 aromatic heterocycles. The van der Waals surface area contributed by atoms with Gasteiger partial charge in [-0.25, -0.2) is 4.98 Å².